The van der Waals surface area contributed by atoms with Gasteiger partial charge in [0.05, 0.1) is 16.3 Å². The third-order valence-corrected chi connectivity index (χ3v) is 8.04. The first-order valence-corrected chi connectivity index (χ1v) is 12.8. The maximum Gasteiger partial charge on any atom is 0.226 e. The number of anilines is 2. The summed E-state index contributed by atoms with van der Waals surface area (Å²) in [5.74, 6) is -0.838. The van der Waals surface area contributed by atoms with Crippen LogP contribution in [0.3, 0.4) is 0 Å². The van der Waals surface area contributed by atoms with Gasteiger partial charge in [0.2, 0.25) is 11.8 Å². The molecule has 1 aliphatic rings. The van der Waals surface area contributed by atoms with Gasteiger partial charge in [0.25, 0.3) is 0 Å². The van der Waals surface area contributed by atoms with E-state index in [1.54, 1.807) is 17.9 Å². The highest BCUT2D eigenvalue weighted by molar-refractivity contribution is 9.10. The maximum absolute atomic E-state index is 13.1. The molecule has 160 valence electrons. The summed E-state index contributed by atoms with van der Waals surface area (Å²) >= 11 is 6.77. The highest BCUT2D eigenvalue weighted by atomic mass is 79.9. The number of carbonyl (C=O) groups is 2. The van der Waals surface area contributed by atoms with Crippen LogP contribution in [-0.2, 0) is 25.8 Å². The number of nitrogens with zero attached hydrogens (tertiary/aromatic N) is 1. The van der Waals surface area contributed by atoms with Gasteiger partial charge in [0, 0.05) is 34.0 Å². The summed E-state index contributed by atoms with van der Waals surface area (Å²) in [7, 11) is -3.78. The van der Waals surface area contributed by atoms with Crippen molar-refractivity contribution in [3.05, 3.63) is 50.4 Å². The SMILES string of the molecule is CCC(=O)N1CCc2cc(Br)cc(S(=O)(=O)CCC(=O)Nc3ccc(Br)c(C)c3)c21. The summed E-state index contributed by atoms with van der Waals surface area (Å²) in [6, 6.07) is 8.75. The van der Waals surface area contributed by atoms with Crippen molar-refractivity contribution in [2.24, 2.45) is 0 Å². The highest BCUT2D eigenvalue weighted by Crippen LogP contribution is 2.38. The third kappa shape index (κ3) is 4.95. The normalized spacial score (nSPS) is 13.3. The Hall–Kier alpha value is -1.71. The summed E-state index contributed by atoms with van der Waals surface area (Å²) in [6.07, 6.45) is 0.719. The van der Waals surface area contributed by atoms with Gasteiger partial charge in [-0.1, -0.05) is 38.8 Å². The fraction of sp³-hybridized carbons (Fsp3) is 0.333. The number of rotatable bonds is 6. The van der Waals surface area contributed by atoms with Crippen LogP contribution in [0.1, 0.15) is 30.9 Å². The van der Waals surface area contributed by atoms with Crippen molar-refractivity contribution in [3.8, 4) is 0 Å². The monoisotopic (exact) mass is 556 g/mol. The minimum Gasteiger partial charge on any atom is -0.326 e. The van der Waals surface area contributed by atoms with Crippen molar-refractivity contribution in [2.75, 3.05) is 22.5 Å². The van der Waals surface area contributed by atoms with Gasteiger partial charge in [-0.05, 0) is 54.8 Å². The van der Waals surface area contributed by atoms with E-state index in [1.807, 2.05) is 25.1 Å². The Kier molecular flexibility index (Phi) is 7.04. The van der Waals surface area contributed by atoms with E-state index in [0.29, 0.717) is 35.2 Å². The average Bonchev–Trinajstić information content (AvgIpc) is 3.11. The van der Waals surface area contributed by atoms with Crippen molar-refractivity contribution in [1.29, 1.82) is 0 Å². The van der Waals surface area contributed by atoms with E-state index in [2.05, 4.69) is 37.2 Å². The molecule has 3 rings (SSSR count). The predicted molar refractivity (Wildman–Crippen MR) is 125 cm³/mol. The number of carbonyl (C=O) groups excluding carboxylic acids is 2. The molecule has 1 aliphatic heterocycles. The summed E-state index contributed by atoms with van der Waals surface area (Å²) < 4.78 is 27.8. The lowest BCUT2D eigenvalue weighted by atomic mass is 10.2. The van der Waals surface area contributed by atoms with Gasteiger partial charge < -0.3 is 10.2 Å². The summed E-state index contributed by atoms with van der Waals surface area (Å²) in [6.45, 7) is 4.12. The topological polar surface area (TPSA) is 83.6 Å². The molecule has 0 fully saturated rings. The van der Waals surface area contributed by atoms with Crippen molar-refractivity contribution >= 4 is 64.9 Å². The zero-order valence-electron chi connectivity index (χ0n) is 16.7. The largest absolute Gasteiger partial charge is 0.326 e. The van der Waals surface area contributed by atoms with Crippen LogP contribution in [0.15, 0.2) is 44.2 Å². The standard InChI is InChI=1S/C21H22Br2N2O4S/c1-3-20(27)25-8-6-14-11-15(22)12-18(21(14)25)30(28,29)9-7-19(26)24-16-4-5-17(23)13(2)10-16/h4-5,10-12H,3,6-9H2,1-2H3,(H,24,26). The Morgan fingerprint density at radius 2 is 1.90 bits per heavy atom. The van der Waals surface area contributed by atoms with Gasteiger partial charge in [0.15, 0.2) is 9.84 Å². The number of halogens is 2. The summed E-state index contributed by atoms with van der Waals surface area (Å²) in [4.78, 5) is 26.3. The smallest absolute Gasteiger partial charge is 0.226 e. The van der Waals surface area contributed by atoms with Gasteiger partial charge in [-0.15, -0.1) is 0 Å². The first-order chi connectivity index (χ1) is 14.1. The molecule has 1 heterocycles. The molecule has 0 aliphatic carbocycles. The number of hydrogen-bond acceptors (Lipinski definition) is 4. The molecule has 0 bridgehead atoms. The minimum atomic E-state index is -3.78. The van der Waals surface area contributed by atoms with Gasteiger partial charge in [-0.2, -0.15) is 0 Å². The molecule has 6 nitrogen and oxygen atoms in total. The van der Waals surface area contributed by atoms with Crippen LogP contribution >= 0.6 is 31.9 Å². The number of nitrogens with one attached hydrogen (secondary N) is 1. The molecule has 0 radical (unpaired) electrons. The molecule has 2 amide bonds. The van der Waals surface area contributed by atoms with Crippen molar-refractivity contribution in [2.45, 2.75) is 38.0 Å². The highest BCUT2D eigenvalue weighted by Gasteiger charge is 2.32. The quantitative estimate of drug-likeness (QED) is 0.561. The maximum atomic E-state index is 13.1. The van der Waals surface area contributed by atoms with Crippen molar-refractivity contribution in [3.63, 3.8) is 0 Å². The van der Waals surface area contributed by atoms with E-state index in [-0.39, 0.29) is 28.9 Å². The van der Waals surface area contributed by atoms with Crippen LogP contribution in [0, 0.1) is 6.92 Å². The molecule has 1 N–H and O–H groups in total. The Balaban J connectivity index is 1.80. The molecule has 0 saturated carbocycles. The van der Waals surface area contributed by atoms with Gasteiger partial charge >= 0.3 is 0 Å². The molecule has 0 spiro atoms. The first kappa shape index (κ1) is 23.0. The van der Waals surface area contributed by atoms with E-state index < -0.39 is 9.84 Å². The molecule has 2 aromatic carbocycles. The van der Waals surface area contributed by atoms with Gasteiger partial charge in [-0.25, -0.2) is 8.42 Å². The van der Waals surface area contributed by atoms with E-state index in [0.717, 1.165) is 15.6 Å². The second-order valence-electron chi connectivity index (χ2n) is 7.14. The summed E-state index contributed by atoms with van der Waals surface area (Å²) in [5, 5.41) is 2.74. The molecule has 0 atom stereocenters. The summed E-state index contributed by atoms with van der Waals surface area (Å²) in [5.41, 5.74) is 2.85. The zero-order valence-corrected chi connectivity index (χ0v) is 20.7. The number of hydrogen-bond donors (Lipinski definition) is 1. The van der Waals surface area contributed by atoms with E-state index in [1.165, 1.54) is 6.07 Å². The Morgan fingerprint density at radius 1 is 1.17 bits per heavy atom. The zero-order chi connectivity index (χ0) is 22.1. The van der Waals surface area contributed by atoms with Crippen LogP contribution in [0.4, 0.5) is 11.4 Å². The molecule has 0 aromatic heterocycles. The number of sulfone groups is 1. The number of amides is 2. The van der Waals surface area contributed by atoms with Crippen LogP contribution < -0.4 is 10.2 Å². The minimum absolute atomic E-state index is 0.0958. The number of fused-ring (bicyclic) bond motifs is 1. The molecule has 0 saturated heterocycles. The van der Waals surface area contributed by atoms with E-state index in [9.17, 15) is 18.0 Å². The lowest BCUT2D eigenvalue weighted by molar-refractivity contribution is -0.118. The second-order valence-corrected chi connectivity index (χ2v) is 11.0. The number of aryl methyl sites for hydroxylation is 1. The van der Waals surface area contributed by atoms with Gasteiger partial charge in [-0.3, -0.25) is 9.59 Å². The molecular formula is C21H22Br2N2O4S. The molecular weight excluding hydrogens is 536 g/mol. The van der Waals surface area contributed by atoms with Crippen molar-refractivity contribution < 1.29 is 18.0 Å². The molecule has 2 aromatic rings. The lowest BCUT2D eigenvalue weighted by Crippen LogP contribution is -2.29. The Bertz CT molecular complexity index is 1120. The average molecular weight is 558 g/mol. The van der Waals surface area contributed by atoms with Gasteiger partial charge in [0.1, 0.15) is 0 Å². The van der Waals surface area contributed by atoms with Crippen LogP contribution in [-0.4, -0.2) is 32.5 Å². The van der Waals surface area contributed by atoms with Crippen LogP contribution in [0.25, 0.3) is 0 Å². The molecule has 30 heavy (non-hydrogen) atoms. The molecule has 9 heteroatoms. The fourth-order valence-electron chi connectivity index (χ4n) is 3.43. The third-order valence-electron chi connectivity index (χ3n) is 4.97. The molecule has 0 unspecified atom stereocenters. The Morgan fingerprint density at radius 3 is 2.57 bits per heavy atom. The second kappa shape index (κ2) is 9.20. The van der Waals surface area contributed by atoms with Crippen LogP contribution in [0.2, 0.25) is 0 Å². The fourth-order valence-corrected chi connectivity index (χ4v) is 5.85. The predicted octanol–water partition coefficient (Wildman–Crippen LogP) is 4.62. The van der Waals surface area contributed by atoms with E-state index >= 15 is 0 Å². The Labute approximate surface area is 193 Å². The van der Waals surface area contributed by atoms with E-state index in [4.69, 9.17) is 0 Å². The first-order valence-electron chi connectivity index (χ1n) is 9.54. The lowest BCUT2D eigenvalue weighted by Gasteiger charge is -2.20. The van der Waals surface area contributed by atoms with Crippen LogP contribution in [0.5, 0.6) is 0 Å². The number of benzene rings is 2. The van der Waals surface area contributed by atoms with Crippen molar-refractivity contribution in [1.82, 2.24) is 0 Å².